The van der Waals surface area contributed by atoms with Gasteiger partial charge in [-0.3, -0.25) is 4.90 Å². The summed E-state index contributed by atoms with van der Waals surface area (Å²) in [4.78, 5) is 14.7. The van der Waals surface area contributed by atoms with Crippen molar-refractivity contribution in [3.05, 3.63) is 65.7 Å². The molecule has 6 heteroatoms. The number of nitrogens with one attached hydrogen (secondary N) is 2. The third-order valence-electron chi connectivity index (χ3n) is 4.89. The van der Waals surface area contributed by atoms with E-state index in [-0.39, 0.29) is 24.6 Å². The molecule has 2 aromatic rings. The summed E-state index contributed by atoms with van der Waals surface area (Å²) in [5.41, 5.74) is 2.30. The quantitative estimate of drug-likeness (QED) is 0.761. The summed E-state index contributed by atoms with van der Waals surface area (Å²) < 4.78 is 0. The lowest BCUT2D eigenvalue weighted by atomic mass is 9.92. The van der Waals surface area contributed by atoms with Crippen LogP contribution in [0.1, 0.15) is 17.5 Å². The molecule has 1 saturated heterocycles. The maximum absolute atomic E-state index is 12.4. The maximum Gasteiger partial charge on any atom is 0.319 e. The SMILES string of the molecule is N#Cc1cccc(NC(=O)N[C@H]2CN(Cc3ccccc3)CC[C@H]2CO)c1. The van der Waals surface area contributed by atoms with Crippen LogP contribution in [0.3, 0.4) is 0 Å². The molecule has 2 aromatic carbocycles. The van der Waals surface area contributed by atoms with Crippen LogP contribution in [0.2, 0.25) is 0 Å². The minimum atomic E-state index is -0.324. The number of aliphatic hydroxyl groups is 1. The van der Waals surface area contributed by atoms with Gasteiger partial charge in [-0.2, -0.15) is 5.26 Å². The molecular weight excluding hydrogens is 340 g/mol. The molecule has 2 atom stereocenters. The molecule has 0 radical (unpaired) electrons. The summed E-state index contributed by atoms with van der Waals surface area (Å²) in [6, 6.07) is 18.6. The van der Waals surface area contributed by atoms with E-state index in [1.807, 2.05) is 18.2 Å². The van der Waals surface area contributed by atoms with Crippen molar-refractivity contribution in [1.82, 2.24) is 10.2 Å². The molecule has 6 nitrogen and oxygen atoms in total. The Balaban J connectivity index is 1.60. The van der Waals surface area contributed by atoms with Crippen molar-refractivity contribution in [2.45, 2.75) is 19.0 Å². The summed E-state index contributed by atoms with van der Waals surface area (Å²) >= 11 is 0. The highest BCUT2D eigenvalue weighted by atomic mass is 16.3. The van der Waals surface area contributed by atoms with Crippen molar-refractivity contribution < 1.29 is 9.90 Å². The number of rotatable bonds is 5. The number of carbonyl (C=O) groups is 1. The largest absolute Gasteiger partial charge is 0.396 e. The molecule has 0 spiro atoms. The molecule has 3 N–H and O–H groups in total. The Morgan fingerprint density at radius 3 is 2.78 bits per heavy atom. The fourth-order valence-electron chi connectivity index (χ4n) is 3.44. The molecule has 1 heterocycles. The first-order valence-electron chi connectivity index (χ1n) is 9.12. The molecule has 1 fully saturated rings. The fourth-order valence-corrected chi connectivity index (χ4v) is 3.44. The number of amides is 2. The minimum absolute atomic E-state index is 0.0354. The van der Waals surface area contributed by atoms with E-state index in [9.17, 15) is 9.90 Å². The van der Waals surface area contributed by atoms with Crippen LogP contribution in [0.15, 0.2) is 54.6 Å². The number of carbonyl (C=O) groups excluding carboxylic acids is 1. The van der Waals surface area contributed by atoms with Gasteiger partial charge < -0.3 is 15.7 Å². The van der Waals surface area contributed by atoms with Crippen LogP contribution in [-0.4, -0.2) is 41.8 Å². The van der Waals surface area contributed by atoms with Gasteiger partial charge in [-0.05, 0) is 36.7 Å². The minimum Gasteiger partial charge on any atom is -0.396 e. The van der Waals surface area contributed by atoms with E-state index in [0.717, 1.165) is 19.5 Å². The van der Waals surface area contributed by atoms with E-state index in [1.165, 1.54) is 5.56 Å². The van der Waals surface area contributed by atoms with Crippen LogP contribution in [-0.2, 0) is 6.54 Å². The lowest BCUT2D eigenvalue weighted by molar-refractivity contribution is 0.0958. The van der Waals surface area contributed by atoms with Crippen molar-refractivity contribution in [3.8, 4) is 6.07 Å². The van der Waals surface area contributed by atoms with Crippen LogP contribution in [0.25, 0.3) is 0 Å². The number of nitriles is 1. The average molecular weight is 364 g/mol. The van der Waals surface area contributed by atoms with Gasteiger partial charge in [-0.15, -0.1) is 0 Å². The van der Waals surface area contributed by atoms with Gasteiger partial charge in [0.1, 0.15) is 0 Å². The standard InChI is InChI=1S/C21H24N4O2/c22-12-17-7-4-8-19(11-17)23-21(27)24-20-14-25(10-9-18(20)15-26)13-16-5-2-1-3-6-16/h1-8,11,18,20,26H,9-10,13-15H2,(H2,23,24,27)/t18-,20-/m0/s1. The second-order valence-corrected chi connectivity index (χ2v) is 6.85. The normalized spacial score (nSPS) is 19.9. The summed E-state index contributed by atoms with van der Waals surface area (Å²) in [6.07, 6.45) is 0.832. The van der Waals surface area contributed by atoms with Crippen LogP contribution >= 0.6 is 0 Å². The topological polar surface area (TPSA) is 88.4 Å². The van der Waals surface area contributed by atoms with E-state index < -0.39 is 0 Å². The molecule has 0 saturated carbocycles. The first-order valence-corrected chi connectivity index (χ1v) is 9.12. The summed E-state index contributed by atoms with van der Waals surface area (Å²) in [5, 5.41) is 24.4. The average Bonchev–Trinajstić information content (AvgIpc) is 2.69. The van der Waals surface area contributed by atoms with Crippen LogP contribution < -0.4 is 10.6 Å². The van der Waals surface area contributed by atoms with Crippen molar-refractivity contribution in [3.63, 3.8) is 0 Å². The Morgan fingerprint density at radius 1 is 1.22 bits per heavy atom. The number of anilines is 1. The van der Waals surface area contributed by atoms with Crippen LogP contribution in [0.5, 0.6) is 0 Å². The Bertz CT molecular complexity index is 803. The van der Waals surface area contributed by atoms with Gasteiger partial charge in [0.15, 0.2) is 0 Å². The van der Waals surface area contributed by atoms with E-state index in [1.54, 1.807) is 24.3 Å². The smallest absolute Gasteiger partial charge is 0.319 e. The second kappa shape index (κ2) is 9.17. The van der Waals surface area contributed by atoms with Crippen LogP contribution in [0, 0.1) is 17.2 Å². The third-order valence-corrected chi connectivity index (χ3v) is 4.89. The zero-order valence-corrected chi connectivity index (χ0v) is 15.1. The number of likely N-dealkylation sites (tertiary alicyclic amines) is 1. The highest BCUT2D eigenvalue weighted by Crippen LogP contribution is 2.20. The lowest BCUT2D eigenvalue weighted by Gasteiger charge is -2.38. The molecule has 0 unspecified atom stereocenters. The lowest BCUT2D eigenvalue weighted by Crippen LogP contribution is -2.54. The Hall–Kier alpha value is -2.88. The third kappa shape index (κ3) is 5.30. The zero-order chi connectivity index (χ0) is 19.1. The fraction of sp³-hybridized carbons (Fsp3) is 0.333. The van der Waals surface area contributed by atoms with E-state index >= 15 is 0 Å². The van der Waals surface area contributed by atoms with Crippen molar-refractivity contribution >= 4 is 11.7 Å². The number of piperidine rings is 1. The Labute approximate surface area is 159 Å². The number of urea groups is 1. The molecule has 3 rings (SSSR count). The number of nitrogens with zero attached hydrogens (tertiary/aromatic N) is 2. The number of hydrogen-bond donors (Lipinski definition) is 3. The number of aliphatic hydroxyl groups excluding tert-OH is 1. The van der Waals surface area contributed by atoms with Gasteiger partial charge in [0.2, 0.25) is 0 Å². The summed E-state index contributed by atoms with van der Waals surface area (Å²) in [6.45, 7) is 2.45. The number of benzene rings is 2. The molecule has 0 aliphatic carbocycles. The van der Waals surface area contributed by atoms with Crippen molar-refractivity contribution in [2.24, 2.45) is 5.92 Å². The molecule has 27 heavy (non-hydrogen) atoms. The van der Waals surface area contributed by atoms with Gasteiger partial charge in [0, 0.05) is 37.3 Å². The van der Waals surface area contributed by atoms with Crippen molar-refractivity contribution in [2.75, 3.05) is 25.0 Å². The molecule has 0 aromatic heterocycles. The van der Waals surface area contributed by atoms with E-state index in [4.69, 9.17) is 5.26 Å². The zero-order valence-electron chi connectivity index (χ0n) is 15.1. The van der Waals surface area contributed by atoms with Gasteiger partial charge in [-0.1, -0.05) is 36.4 Å². The molecule has 1 aliphatic rings. The maximum atomic E-state index is 12.4. The Morgan fingerprint density at radius 2 is 2.04 bits per heavy atom. The molecule has 1 aliphatic heterocycles. The monoisotopic (exact) mass is 364 g/mol. The molecule has 0 bridgehead atoms. The predicted octanol–water partition coefficient (Wildman–Crippen LogP) is 2.56. The summed E-state index contributed by atoms with van der Waals surface area (Å²) in [5.74, 6) is 0.0354. The highest BCUT2D eigenvalue weighted by Gasteiger charge is 2.30. The van der Waals surface area contributed by atoms with Crippen LogP contribution in [0.4, 0.5) is 10.5 Å². The molecule has 140 valence electrons. The van der Waals surface area contributed by atoms with Gasteiger partial charge in [0.05, 0.1) is 11.6 Å². The van der Waals surface area contributed by atoms with E-state index in [0.29, 0.717) is 17.8 Å². The highest BCUT2D eigenvalue weighted by molar-refractivity contribution is 5.89. The molecule has 2 amide bonds. The van der Waals surface area contributed by atoms with Crippen molar-refractivity contribution in [1.29, 1.82) is 5.26 Å². The van der Waals surface area contributed by atoms with Gasteiger partial charge >= 0.3 is 6.03 Å². The first-order chi connectivity index (χ1) is 13.2. The predicted molar refractivity (Wildman–Crippen MR) is 104 cm³/mol. The summed E-state index contributed by atoms with van der Waals surface area (Å²) in [7, 11) is 0. The molecular formula is C21H24N4O2. The second-order valence-electron chi connectivity index (χ2n) is 6.85. The number of hydrogen-bond acceptors (Lipinski definition) is 4. The Kier molecular flexibility index (Phi) is 6.42. The van der Waals surface area contributed by atoms with Gasteiger partial charge in [-0.25, -0.2) is 4.79 Å². The van der Waals surface area contributed by atoms with Gasteiger partial charge in [0.25, 0.3) is 0 Å². The van der Waals surface area contributed by atoms with E-state index in [2.05, 4.69) is 33.7 Å². The first kappa shape index (κ1) is 18.9.